The SMILES string of the molecule is CC(=O)c1cccc(NC(=O)[C@@H](C)Sc2nnnn2-c2ccccc2)c1. The molecule has 1 N–H and O–H groups in total. The monoisotopic (exact) mass is 367 g/mol. The Morgan fingerprint density at radius 2 is 1.88 bits per heavy atom. The second kappa shape index (κ2) is 7.92. The van der Waals surface area contributed by atoms with Crippen LogP contribution in [-0.2, 0) is 4.79 Å². The van der Waals surface area contributed by atoms with Gasteiger partial charge in [-0.25, -0.2) is 0 Å². The lowest BCUT2D eigenvalue weighted by Gasteiger charge is -2.12. The summed E-state index contributed by atoms with van der Waals surface area (Å²) >= 11 is 1.26. The zero-order valence-electron chi connectivity index (χ0n) is 14.3. The number of nitrogens with one attached hydrogen (secondary N) is 1. The normalized spacial score (nSPS) is 11.8. The maximum absolute atomic E-state index is 12.5. The van der Waals surface area contributed by atoms with Gasteiger partial charge in [0.2, 0.25) is 11.1 Å². The van der Waals surface area contributed by atoms with Crippen LogP contribution < -0.4 is 5.32 Å². The van der Waals surface area contributed by atoms with E-state index in [2.05, 4.69) is 20.8 Å². The first kappa shape index (κ1) is 17.8. The highest BCUT2D eigenvalue weighted by Gasteiger charge is 2.19. The third-order valence-electron chi connectivity index (χ3n) is 3.63. The van der Waals surface area contributed by atoms with Crippen molar-refractivity contribution < 1.29 is 9.59 Å². The molecule has 26 heavy (non-hydrogen) atoms. The van der Waals surface area contributed by atoms with Gasteiger partial charge in [-0.3, -0.25) is 9.59 Å². The molecule has 0 fully saturated rings. The summed E-state index contributed by atoms with van der Waals surface area (Å²) in [6.07, 6.45) is 0. The first-order valence-corrected chi connectivity index (χ1v) is 8.85. The number of nitrogens with zero attached hydrogens (tertiary/aromatic N) is 4. The predicted octanol–water partition coefficient (Wildman–Crippen LogP) is 2.98. The van der Waals surface area contributed by atoms with E-state index in [1.54, 1.807) is 35.9 Å². The molecule has 1 aromatic heterocycles. The van der Waals surface area contributed by atoms with Crippen LogP contribution in [0.2, 0.25) is 0 Å². The summed E-state index contributed by atoms with van der Waals surface area (Å²) in [4.78, 5) is 23.9. The van der Waals surface area contributed by atoms with Gasteiger partial charge in [-0.1, -0.05) is 42.1 Å². The second-order valence-electron chi connectivity index (χ2n) is 5.60. The van der Waals surface area contributed by atoms with Crippen LogP contribution in [-0.4, -0.2) is 37.1 Å². The van der Waals surface area contributed by atoms with Gasteiger partial charge in [-0.2, -0.15) is 4.68 Å². The average Bonchev–Trinajstić information content (AvgIpc) is 3.10. The van der Waals surface area contributed by atoms with Crippen molar-refractivity contribution >= 4 is 29.1 Å². The van der Waals surface area contributed by atoms with Gasteiger partial charge in [-0.15, -0.1) is 5.10 Å². The molecule has 0 unspecified atom stereocenters. The molecule has 2 aromatic carbocycles. The fourth-order valence-electron chi connectivity index (χ4n) is 2.26. The number of aromatic nitrogens is 4. The zero-order valence-corrected chi connectivity index (χ0v) is 15.1. The van der Waals surface area contributed by atoms with Crippen LogP contribution in [0, 0.1) is 0 Å². The van der Waals surface area contributed by atoms with Crippen molar-refractivity contribution in [2.24, 2.45) is 0 Å². The van der Waals surface area contributed by atoms with E-state index in [0.29, 0.717) is 16.4 Å². The average molecular weight is 367 g/mol. The molecule has 3 aromatic rings. The van der Waals surface area contributed by atoms with E-state index in [-0.39, 0.29) is 11.7 Å². The van der Waals surface area contributed by atoms with Crippen LogP contribution >= 0.6 is 11.8 Å². The minimum atomic E-state index is -0.426. The predicted molar refractivity (Wildman–Crippen MR) is 99.5 cm³/mol. The molecule has 0 aliphatic heterocycles. The van der Waals surface area contributed by atoms with E-state index in [4.69, 9.17) is 0 Å². The number of carbonyl (C=O) groups is 2. The van der Waals surface area contributed by atoms with E-state index >= 15 is 0 Å². The number of ketones is 1. The zero-order chi connectivity index (χ0) is 18.5. The van der Waals surface area contributed by atoms with E-state index in [1.807, 2.05) is 30.3 Å². The summed E-state index contributed by atoms with van der Waals surface area (Å²) in [6, 6.07) is 16.3. The molecule has 8 heteroatoms. The molecule has 0 radical (unpaired) electrons. The number of rotatable bonds is 6. The second-order valence-corrected chi connectivity index (χ2v) is 6.90. The molecule has 0 bridgehead atoms. The van der Waals surface area contributed by atoms with Gasteiger partial charge < -0.3 is 5.32 Å². The molecule has 132 valence electrons. The third kappa shape index (κ3) is 4.15. The van der Waals surface area contributed by atoms with Gasteiger partial charge in [0.15, 0.2) is 5.78 Å². The minimum absolute atomic E-state index is 0.0504. The van der Waals surface area contributed by atoms with Crippen molar-refractivity contribution in [2.45, 2.75) is 24.3 Å². The van der Waals surface area contributed by atoms with Gasteiger partial charge in [0.1, 0.15) is 0 Å². The Balaban J connectivity index is 1.70. The Morgan fingerprint density at radius 1 is 1.12 bits per heavy atom. The molecule has 0 saturated carbocycles. The minimum Gasteiger partial charge on any atom is -0.325 e. The lowest BCUT2D eigenvalue weighted by Crippen LogP contribution is -2.23. The third-order valence-corrected chi connectivity index (χ3v) is 4.66. The molecular weight excluding hydrogens is 350 g/mol. The summed E-state index contributed by atoms with van der Waals surface area (Å²) in [5.74, 6) is -0.246. The van der Waals surface area contributed by atoms with Crippen LogP contribution in [0.5, 0.6) is 0 Å². The number of tetrazole rings is 1. The number of hydrogen-bond acceptors (Lipinski definition) is 6. The van der Waals surface area contributed by atoms with Crippen LogP contribution in [0.15, 0.2) is 59.8 Å². The molecule has 3 rings (SSSR count). The fourth-order valence-corrected chi connectivity index (χ4v) is 3.06. The van der Waals surface area contributed by atoms with Gasteiger partial charge >= 0.3 is 0 Å². The smallest absolute Gasteiger partial charge is 0.237 e. The molecule has 1 atom stereocenters. The Labute approximate surface area is 154 Å². The summed E-state index contributed by atoms with van der Waals surface area (Å²) in [6.45, 7) is 3.27. The van der Waals surface area contributed by atoms with Crippen molar-refractivity contribution in [3.8, 4) is 5.69 Å². The highest BCUT2D eigenvalue weighted by atomic mass is 32.2. The highest BCUT2D eigenvalue weighted by Crippen LogP contribution is 2.24. The van der Waals surface area contributed by atoms with E-state index in [1.165, 1.54) is 18.7 Å². The van der Waals surface area contributed by atoms with Crippen molar-refractivity contribution in [2.75, 3.05) is 5.32 Å². The summed E-state index contributed by atoms with van der Waals surface area (Å²) in [5, 5.41) is 14.6. The lowest BCUT2D eigenvalue weighted by atomic mass is 10.1. The number of amides is 1. The highest BCUT2D eigenvalue weighted by molar-refractivity contribution is 8.00. The van der Waals surface area contributed by atoms with Gasteiger partial charge in [0.25, 0.3) is 0 Å². The molecular formula is C18H17N5O2S. The van der Waals surface area contributed by atoms with Gasteiger partial charge in [-0.05, 0) is 48.5 Å². The summed E-state index contributed by atoms with van der Waals surface area (Å²) in [5.41, 5.74) is 1.95. The van der Waals surface area contributed by atoms with Crippen LogP contribution in [0.3, 0.4) is 0 Å². The first-order valence-electron chi connectivity index (χ1n) is 7.97. The maximum Gasteiger partial charge on any atom is 0.237 e. The summed E-state index contributed by atoms with van der Waals surface area (Å²) < 4.78 is 1.59. The lowest BCUT2D eigenvalue weighted by molar-refractivity contribution is -0.115. The van der Waals surface area contributed by atoms with Crippen LogP contribution in [0.1, 0.15) is 24.2 Å². The Bertz CT molecular complexity index is 926. The van der Waals surface area contributed by atoms with Crippen LogP contribution in [0.25, 0.3) is 5.69 Å². The van der Waals surface area contributed by atoms with E-state index < -0.39 is 5.25 Å². The Hall–Kier alpha value is -3.00. The Kier molecular flexibility index (Phi) is 5.43. The standard InChI is InChI=1S/C18H17N5O2S/c1-12(24)14-7-6-8-15(11-14)19-17(25)13(2)26-18-20-21-22-23(18)16-9-4-3-5-10-16/h3-11,13H,1-2H3,(H,19,25)/t13-/m1/s1. The molecule has 0 spiro atoms. The topological polar surface area (TPSA) is 89.8 Å². The van der Waals surface area contributed by atoms with Crippen molar-refractivity contribution in [1.29, 1.82) is 0 Å². The van der Waals surface area contributed by atoms with Gasteiger partial charge in [0.05, 0.1) is 10.9 Å². The molecule has 0 aliphatic carbocycles. The fraction of sp³-hybridized carbons (Fsp3) is 0.167. The number of thioether (sulfide) groups is 1. The molecule has 7 nitrogen and oxygen atoms in total. The number of hydrogen-bond donors (Lipinski definition) is 1. The van der Waals surface area contributed by atoms with E-state index in [9.17, 15) is 9.59 Å². The van der Waals surface area contributed by atoms with Crippen molar-refractivity contribution in [3.05, 3.63) is 60.2 Å². The van der Waals surface area contributed by atoms with Crippen molar-refractivity contribution in [1.82, 2.24) is 20.2 Å². The largest absolute Gasteiger partial charge is 0.325 e. The number of anilines is 1. The molecule has 1 amide bonds. The maximum atomic E-state index is 12.5. The molecule has 0 aliphatic rings. The molecule has 1 heterocycles. The summed E-state index contributed by atoms with van der Waals surface area (Å²) in [7, 11) is 0. The Morgan fingerprint density at radius 3 is 2.62 bits per heavy atom. The van der Waals surface area contributed by atoms with E-state index in [0.717, 1.165) is 5.69 Å². The number of Topliss-reactive ketones (excluding diaryl/α,β-unsaturated/α-hetero) is 1. The van der Waals surface area contributed by atoms with Gasteiger partial charge in [0, 0.05) is 11.3 Å². The molecule has 0 saturated heterocycles. The number of carbonyl (C=O) groups excluding carboxylic acids is 2. The quantitative estimate of drug-likeness (QED) is 0.532. The number of para-hydroxylation sites is 1. The van der Waals surface area contributed by atoms with Crippen molar-refractivity contribution in [3.63, 3.8) is 0 Å². The van der Waals surface area contributed by atoms with Crippen LogP contribution in [0.4, 0.5) is 5.69 Å². The number of benzene rings is 2. The first-order chi connectivity index (χ1) is 12.5.